The fourth-order valence-corrected chi connectivity index (χ4v) is 5.28. The van der Waals surface area contributed by atoms with Gasteiger partial charge < -0.3 is 0 Å². The maximum Gasteiger partial charge on any atom is 0.250 e. The van der Waals surface area contributed by atoms with Gasteiger partial charge in [0.1, 0.15) is 0 Å². The van der Waals surface area contributed by atoms with E-state index in [0.29, 0.717) is 0 Å². The minimum absolute atomic E-state index is 0.193. The van der Waals surface area contributed by atoms with Crippen molar-refractivity contribution >= 4 is 74.5 Å². The molecule has 28 heavy (non-hydrogen) atoms. The van der Waals surface area contributed by atoms with Crippen molar-refractivity contribution in [1.29, 1.82) is 0 Å². The standard InChI is InChI=1S/C18H14BrClN4OS3/c19-14-3-1-2-13(8-14)9-21-22-16(25)11-27-18-24-23-17(28-18)26-10-12-4-6-15(20)7-5-12/h1-9H,10-11H2,(H,22,25)/b21-9+. The smallest absolute Gasteiger partial charge is 0.250 e. The highest BCUT2D eigenvalue weighted by Crippen LogP contribution is 2.30. The number of benzene rings is 2. The van der Waals surface area contributed by atoms with Gasteiger partial charge in [0.25, 0.3) is 5.91 Å². The number of hydrogen-bond donors (Lipinski definition) is 1. The highest BCUT2D eigenvalue weighted by molar-refractivity contribution is 9.10. The van der Waals surface area contributed by atoms with Crippen LogP contribution in [0.5, 0.6) is 0 Å². The van der Waals surface area contributed by atoms with Crippen molar-refractivity contribution in [2.45, 2.75) is 14.4 Å². The summed E-state index contributed by atoms with van der Waals surface area (Å²) in [4.78, 5) is 11.9. The summed E-state index contributed by atoms with van der Waals surface area (Å²) < 4.78 is 2.58. The molecular formula is C18H14BrClN4OS3. The van der Waals surface area contributed by atoms with Crippen LogP contribution in [0.4, 0.5) is 0 Å². The molecule has 0 bridgehead atoms. The van der Waals surface area contributed by atoms with Gasteiger partial charge in [0.05, 0.1) is 12.0 Å². The lowest BCUT2D eigenvalue weighted by atomic mass is 10.2. The van der Waals surface area contributed by atoms with Gasteiger partial charge >= 0.3 is 0 Å². The predicted molar refractivity (Wildman–Crippen MR) is 122 cm³/mol. The molecule has 0 spiro atoms. The summed E-state index contributed by atoms with van der Waals surface area (Å²) in [5.41, 5.74) is 4.58. The molecule has 3 rings (SSSR count). The molecule has 1 N–H and O–H groups in total. The van der Waals surface area contributed by atoms with Gasteiger partial charge in [-0.05, 0) is 35.4 Å². The van der Waals surface area contributed by atoms with E-state index in [1.165, 1.54) is 28.7 Å². The van der Waals surface area contributed by atoms with Crippen LogP contribution in [0.15, 0.2) is 66.8 Å². The number of hydrazone groups is 1. The first-order valence-corrected chi connectivity index (χ1v) is 12.0. The van der Waals surface area contributed by atoms with Crippen LogP contribution in [0.1, 0.15) is 11.1 Å². The maximum absolute atomic E-state index is 11.9. The van der Waals surface area contributed by atoms with Crippen molar-refractivity contribution < 1.29 is 4.79 Å². The highest BCUT2D eigenvalue weighted by Gasteiger charge is 2.08. The SMILES string of the molecule is O=C(CSc1nnc(SCc2ccc(Cl)cc2)s1)N/N=C/c1cccc(Br)c1. The lowest BCUT2D eigenvalue weighted by Gasteiger charge is -1.98. The van der Waals surface area contributed by atoms with E-state index in [1.54, 1.807) is 18.0 Å². The van der Waals surface area contributed by atoms with Crippen LogP contribution in [-0.4, -0.2) is 28.1 Å². The van der Waals surface area contributed by atoms with Crippen molar-refractivity contribution in [1.82, 2.24) is 15.6 Å². The Bertz CT molecular complexity index is 965. The molecule has 0 saturated heterocycles. The highest BCUT2D eigenvalue weighted by atomic mass is 79.9. The number of amides is 1. The maximum atomic E-state index is 11.9. The van der Waals surface area contributed by atoms with E-state index in [0.717, 1.165) is 29.5 Å². The minimum atomic E-state index is -0.193. The number of nitrogens with one attached hydrogen (secondary N) is 1. The topological polar surface area (TPSA) is 67.2 Å². The molecule has 0 aliphatic heterocycles. The summed E-state index contributed by atoms with van der Waals surface area (Å²) in [5.74, 6) is 0.829. The number of halogens is 2. The fourth-order valence-electron chi connectivity index (χ4n) is 1.96. The van der Waals surface area contributed by atoms with Crippen molar-refractivity contribution in [2.75, 3.05) is 5.75 Å². The van der Waals surface area contributed by atoms with Crippen LogP contribution in [0.25, 0.3) is 0 Å². The molecule has 2 aromatic carbocycles. The molecule has 0 radical (unpaired) electrons. The molecule has 3 aromatic rings. The van der Waals surface area contributed by atoms with Crippen molar-refractivity contribution in [3.63, 3.8) is 0 Å². The van der Waals surface area contributed by atoms with Gasteiger partial charge in [-0.3, -0.25) is 4.79 Å². The van der Waals surface area contributed by atoms with Gasteiger partial charge in [0.15, 0.2) is 8.68 Å². The van der Waals surface area contributed by atoms with E-state index in [9.17, 15) is 4.79 Å². The van der Waals surface area contributed by atoms with Gasteiger partial charge in [0, 0.05) is 15.2 Å². The van der Waals surface area contributed by atoms with Gasteiger partial charge in [-0.15, -0.1) is 10.2 Å². The van der Waals surface area contributed by atoms with Crippen LogP contribution in [0, 0.1) is 0 Å². The Kier molecular flexibility index (Phi) is 8.35. The van der Waals surface area contributed by atoms with Gasteiger partial charge in [0.2, 0.25) is 0 Å². The first-order chi connectivity index (χ1) is 13.6. The van der Waals surface area contributed by atoms with E-state index < -0.39 is 0 Å². The molecule has 144 valence electrons. The van der Waals surface area contributed by atoms with Crippen LogP contribution in [-0.2, 0) is 10.5 Å². The Morgan fingerprint density at radius 3 is 2.68 bits per heavy atom. The summed E-state index contributed by atoms with van der Waals surface area (Å²) in [6, 6.07) is 15.4. The third kappa shape index (κ3) is 7.21. The summed E-state index contributed by atoms with van der Waals surface area (Å²) in [6.45, 7) is 0. The van der Waals surface area contributed by atoms with Crippen LogP contribution in [0.3, 0.4) is 0 Å². The summed E-state index contributed by atoms with van der Waals surface area (Å²) in [5, 5.41) is 13.0. The van der Waals surface area contributed by atoms with Crippen molar-refractivity contribution in [2.24, 2.45) is 5.10 Å². The Morgan fingerprint density at radius 1 is 1.18 bits per heavy atom. The van der Waals surface area contributed by atoms with Crippen molar-refractivity contribution in [3.8, 4) is 0 Å². The molecule has 1 amide bonds. The monoisotopic (exact) mass is 512 g/mol. The Labute approximate surface area is 188 Å². The number of carbonyl (C=O) groups is 1. The molecule has 0 fully saturated rings. The van der Waals surface area contributed by atoms with Gasteiger partial charge in [-0.2, -0.15) is 5.10 Å². The summed E-state index contributed by atoms with van der Waals surface area (Å²) in [7, 11) is 0. The van der Waals surface area contributed by atoms with Gasteiger partial charge in [-0.25, -0.2) is 5.43 Å². The second kappa shape index (κ2) is 11.0. The first kappa shape index (κ1) is 21.3. The largest absolute Gasteiger partial charge is 0.272 e. The number of nitrogens with zero attached hydrogens (tertiary/aromatic N) is 3. The van der Waals surface area contributed by atoms with E-state index in [4.69, 9.17) is 11.6 Å². The van der Waals surface area contributed by atoms with Crippen LogP contribution >= 0.6 is 62.4 Å². The van der Waals surface area contributed by atoms with Crippen molar-refractivity contribution in [3.05, 3.63) is 69.2 Å². The number of rotatable bonds is 8. The lowest BCUT2D eigenvalue weighted by Crippen LogP contribution is -2.19. The Hall–Kier alpha value is -1.39. The molecule has 10 heteroatoms. The van der Waals surface area contributed by atoms with E-state index in [2.05, 4.69) is 36.7 Å². The van der Waals surface area contributed by atoms with Crippen LogP contribution < -0.4 is 5.43 Å². The van der Waals surface area contributed by atoms with Gasteiger partial charge in [-0.1, -0.05) is 86.7 Å². The number of thioether (sulfide) groups is 2. The second-order valence-corrected chi connectivity index (χ2v) is 10.2. The lowest BCUT2D eigenvalue weighted by molar-refractivity contribution is -0.118. The summed E-state index contributed by atoms with van der Waals surface area (Å²) >= 11 is 13.7. The zero-order chi connectivity index (χ0) is 19.8. The molecule has 1 heterocycles. The molecular weight excluding hydrogens is 500 g/mol. The molecule has 0 aliphatic rings. The van der Waals surface area contributed by atoms with E-state index >= 15 is 0 Å². The molecule has 5 nitrogen and oxygen atoms in total. The minimum Gasteiger partial charge on any atom is -0.272 e. The zero-order valence-corrected chi connectivity index (χ0v) is 19.1. The summed E-state index contributed by atoms with van der Waals surface area (Å²) in [6.07, 6.45) is 1.60. The Balaban J connectivity index is 1.41. The quantitative estimate of drug-likeness (QED) is 0.245. The fraction of sp³-hybridized carbons (Fsp3) is 0.111. The molecule has 0 unspecified atom stereocenters. The number of carbonyl (C=O) groups excluding carboxylic acids is 1. The predicted octanol–water partition coefficient (Wildman–Crippen LogP) is 5.49. The first-order valence-electron chi connectivity index (χ1n) is 7.99. The van der Waals surface area contributed by atoms with Crippen LogP contribution in [0.2, 0.25) is 5.02 Å². The normalized spacial score (nSPS) is 11.1. The average Bonchev–Trinajstić information content (AvgIpc) is 3.14. The molecule has 0 atom stereocenters. The second-order valence-electron chi connectivity index (χ2n) is 5.39. The molecule has 1 aromatic heterocycles. The third-order valence-corrected chi connectivity index (χ3v) is 7.25. The third-order valence-electron chi connectivity index (χ3n) is 3.24. The van der Waals surface area contributed by atoms with E-state index in [-0.39, 0.29) is 11.7 Å². The number of hydrogen-bond acceptors (Lipinski definition) is 7. The van der Waals surface area contributed by atoms with E-state index in [1.807, 2.05) is 48.5 Å². The molecule has 0 saturated carbocycles. The number of aromatic nitrogens is 2. The zero-order valence-electron chi connectivity index (χ0n) is 14.3. The molecule has 0 aliphatic carbocycles. The average molecular weight is 514 g/mol. The Morgan fingerprint density at radius 2 is 1.93 bits per heavy atom.